The largest absolute Gasteiger partial charge is 0.366 e. The van der Waals surface area contributed by atoms with E-state index in [1.165, 1.54) is 0 Å². The zero-order chi connectivity index (χ0) is 13.0. The summed E-state index contributed by atoms with van der Waals surface area (Å²) in [7, 11) is 2.16. The highest BCUT2D eigenvalue weighted by atomic mass is 15.3. The summed E-state index contributed by atoms with van der Waals surface area (Å²) < 4.78 is 0. The fraction of sp³-hybridized carbons (Fsp3) is 0.692. The normalized spacial score (nSPS) is 18.7. The average Bonchev–Trinajstić information content (AvgIpc) is 2.40. The van der Waals surface area contributed by atoms with E-state index in [1.807, 2.05) is 12.4 Å². The van der Waals surface area contributed by atoms with Gasteiger partial charge in [-0.15, -0.1) is 0 Å². The van der Waals surface area contributed by atoms with Gasteiger partial charge in [-0.3, -0.25) is 0 Å². The van der Waals surface area contributed by atoms with Gasteiger partial charge in [0.25, 0.3) is 0 Å². The molecule has 1 saturated heterocycles. The Morgan fingerprint density at radius 1 is 1.22 bits per heavy atom. The Hall–Kier alpha value is -1.36. The molecule has 1 atom stereocenters. The standard InChI is InChI=1S/C13H23N5/c1-4-11(2)16-13-14-9-12(10-15-13)18-7-5-17(3)6-8-18/h9-11H,4-8H2,1-3H3,(H,14,15,16). The maximum absolute atomic E-state index is 4.38. The van der Waals surface area contributed by atoms with Crippen molar-refractivity contribution >= 4 is 11.6 Å². The minimum atomic E-state index is 0.416. The van der Waals surface area contributed by atoms with Crippen LogP contribution in [0.25, 0.3) is 0 Å². The van der Waals surface area contributed by atoms with Crippen molar-refractivity contribution in [1.82, 2.24) is 14.9 Å². The summed E-state index contributed by atoms with van der Waals surface area (Å²) in [5.74, 6) is 0.724. The van der Waals surface area contributed by atoms with Crippen molar-refractivity contribution < 1.29 is 0 Å². The zero-order valence-corrected chi connectivity index (χ0v) is 11.6. The summed E-state index contributed by atoms with van der Waals surface area (Å²) >= 11 is 0. The Balaban J connectivity index is 1.95. The van der Waals surface area contributed by atoms with Gasteiger partial charge >= 0.3 is 0 Å². The van der Waals surface area contributed by atoms with E-state index in [9.17, 15) is 0 Å². The van der Waals surface area contributed by atoms with E-state index >= 15 is 0 Å². The molecule has 1 fully saturated rings. The van der Waals surface area contributed by atoms with E-state index in [-0.39, 0.29) is 0 Å². The van der Waals surface area contributed by atoms with Gasteiger partial charge in [-0.1, -0.05) is 6.92 Å². The summed E-state index contributed by atoms with van der Waals surface area (Å²) in [6.07, 6.45) is 4.91. The van der Waals surface area contributed by atoms with Crippen molar-refractivity contribution in [1.29, 1.82) is 0 Å². The van der Waals surface area contributed by atoms with Gasteiger partial charge in [-0.2, -0.15) is 0 Å². The number of likely N-dealkylation sites (N-methyl/N-ethyl adjacent to an activating group) is 1. The minimum absolute atomic E-state index is 0.416. The number of nitrogens with zero attached hydrogens (tertiary/aromatic N) is 4. The molecule has 0 radical (unpaired) electrons. The lowest BCUT2D eigenvalue weighted by molar-refractivity contribution is 0.312. The molecule has 1 aliphatic rings. The van der Waals surface area contributed by atoms with E-state index < -0.39 is 0 Å². The third-order valence-corrected chi connectivity index (χ3v) is 3.49. The average molecular weight is 249 g/mol. The van der Waals surface area contributed by atoms with Crippen LogP contribution in [-0.4, -0.2) is 54.1 Å². The van der Waals surface area contributed by atoms with E-state index in [0.29, 0.717) is 6.04 Å². The van der Waals surface area contributed by atoms with Gasteiger partial charge in [0.1, 0.15) is 0 Å². The predicted molar refractivity (Wildman–Crippen MR) is 75.1 cm³/mol. The fourth-order valence-corrected chi connectivity index (χ4v) is 1.95. The second-order valence-corrected chi connectivity index (χ2v) is 5.01. The first-order valence-electron chi connectivity index (χ1n) is 6.71. The van der Waals surface area contributed by atoms with Gasteiger partial charge < -0.3 is 15.1 Å². The third-order valence-electron chi connectivity index (χ3n) is 3.49. The molecule has 1 aromatic heterocycles. The second-order valence-electron chi connectivity index (χ2n) is 5.01. The number of hydrogen-bond donors (Lipinski definition) is 1. The van der Waals surface area contributed by atoms with E-state index in [0.717, 1.165) is 44.2 Å². The summed E-state index contributed by atoms with van der Waals surface area (Å²) in [4.78, 5) is 13.5. The number of rotatable bonds is 4. The number of hydrogen-bond acceptors (Lipinski definition) is 5. The van der Waals surface area contributed by atoms with Crippen LogP contribution in [0.4, 0.5) is 11.6 Å². The lowest BCUT2D eigenvalue weighted by Crippen LogP contribution is -2.44. The summed E-state index contributed by atoms with van der Waals surface area (Å²) in [6, 6.07) is 0.416. The van der Waals surface area contributed by atoms with E-state index in [4.69, 9.17) is 0 Å². The molecule has 0 aliphatic carbocycles. The van der Waals surface area contributed by atoms with Crippen LogP contribution in [0.1, 0.15) is 20.3 Å². The molecule has 0 spiro atoms. The fourth-order valence-electron chi connectivity index (χ4n) is 1.95. The van der Waals surface area contributed by atoms with Crippen LogP contribution in [0.3, 0.4) is 0 Å². The summed E-state index contributed by atoms with van der Waals surface area (Å²) in [5.41, 5.74) is 1.12. The maximum Gasteiger partial charge on any atom is 0.222 e. The van der Waals surface area contributed by atoms with Crippen molar-refractivity contribution in [2.24, 2.45) is 0 Å². The van der Waals surface area contributed by atoms with E-state index in [2.05, 4.69) is 46.0 Å². The van der Waals surface area contributed by atoms with Gasteiger partial charge in [-0.25, -0.2) is 9.97 Å². The van der Waals surface area contributed by atoms with Crippen LogP contribution in [0, 0.1) is 0 Å². The van der Waals surface area contributed by atoms with Gasteiger partial charge in [0, 0.05) is 32.2 Å². The Morgan fingerprint density at radius 3 is 2.39 bits per heavy atom. The SMILES string of the molecule is CCC(C)Nc1ncc(N2CCN(C)CC2)cn1. The van der Waals surface area contributed by atoms with Crippen molar-refractivity contribution in [3.63, 3.8) is 0 Å². The molecular formula is C13H23N5. The highest BCUT2D eigenvalue weighted by Crippen LogP contribution is 2.15. The molecule has 0 aromatic carbocycles. The van der Waals surface area contributed by atoms with Gasteiger partial charge in [0.05, 0.1) is 18.1 Å². The molecule has 100 valence electrons. The molecule has 1 N–H and O–H groups in total. The van der Waals surface area contributed by atoms with E-state index in [1.54, 1.807) is 0 Å². The van der Waals surface area contributed by atoms with Crippen molar-refractivity contribution in [2.45, 2.75) is 26.3 Å². The van der Waals surface area contributed by atoms with Crippen LogP contribution in [0.5, 0.6) is 0 Å². The van der Waals surface area contributed by atoms with Gasteiger partial charge in [-0.05, 0) is 20.4 Å². The molecule has 2 heterocycles. The number of anilines is 2. The molecule has 5 nitrogen and oxygen atoms in total. The van der Waals surface area contributed by atoms with Crippen LogP contribution in [-0.2, 0) is 0 Å². The number of nitrogens with one attached hydrogen (secondary N) is 1. The first-order chi connectivity index (χ1) is 8.69. The first-order valence-corrected chi connectivity index (χ1v) is 6.71. The molecule has 0 bridgehead atoms. The zero-order valence-electron chi connectivity index (χ0n) is 11.6. The van der Waals surface area contributed by atoms with Crippen LogP contribution in [0.2, 0.25) is 0 Å². The minimum Gasteiger partial charge on any atom is -0.366 e. The Bertz CT molecular complexity index is 356. The number of piperazine rings is 1. The summed E-state index contributed by atoms with van der Waals surface area (Å²) in [6.45, 7) is 8.60. The van der Waals surface area contributed by atoms with Crippen LogP contribution < -0.4 is 10.2 Å². The molecule has 18 heavy (non-hydrogen) atoms. The highest BCUT2D eigenvalue weighted by Gasteiger charge is 2.14. The molecular weight excluding hydrogens is 226 g/mol. The van der Waals surface area contributed by atoms with Gasteiger partial charge in [0.2, 0.25) is 5.95 Å². The number of aromatic nitrogens is 2. The predicted octanol–water partition coefficient (Wildman–Crippen LogP) is 1.44. The molecule has 0 amide bonds. The highest BCUT2D eigenvalue weighted by molar-refractivity contribution is 5.45. The monoisotopic (exact) mass is 249 g/mol. The lowest BCUT2D eigenvalue weighted by atomic mass is 10.3. The molecule has 0 saturated carbocycles. The molecule has 1 unspecified atom stereocenters. The van der Waals surface area contributed by atoms with Crippen molar-refractivity contribution in [3.05, 3.63) is 12.4 Å². The lowest BCUT2D eigenvalue weighted by Gasteiger charge is -2.33. The quantitative estimate of drug-likeness (QED) is 0.874. The van der Waals surface area contributed by atoms with Gasteiger partial charge in [0.15, 0.2) is 0 Å². The van der Waals surface area contributed by atoms with Crippen LogP contribution in [0.15, 0.2) is 12.4 Å². The van der Waals surface area contributed by atoms with Crippen LogP contribution >= 0.6 is 0 Å². The first kappa shape index (κ1) is 13.1. The summed E-state index contributed by atoms with van der Waals surface area (Å²) in [5, 5.41) is 3.28. The third kappa shape index (κ3) is 3.32. The Kier molecular flexibility index (Phi) is 4.36. The topological polar surface area (TPSA) is 44.3 Å². The van der Waals surface area contributed by atoms with Crippen molar-refractivity contribution in [3.8, 4) is 0 Å². The maximum atomic E-state index is 4.38. The molecule has 1 aromatic rings. The smallest absolute Gasteiger partial charge is 0.222 e. The molecule has 2 rings (SSSR count). The molecule has 1 aliphatic heterocycles. The van der Waals surface area contributed by atoms with Crippen molar-refractivity contribution in [2.75, 3.05) is 43.4 Å². The Labute approximate surface area is 109 Å². The Morgan fingerprint density at radius 2 is 1.83 bits per heavy atom. The second kappa shape index (κ2) is 6.00. The molecule has 5 heteroatoms.